The maximum Gasteiger partial charge on any atom is 0.190 e. The van der Waals surface area contributed by atoms with Gasteiger partial charge >= 0.3 is 0 Å². The smallest absolute Gasteiger partial charge is 0.190 e. The van der Waals surface area contributed by atoms with Crippen molar-refractivity contribution in [1.29, 1.82) is 0 Å². The average molecular weight is 414 g/mol. The van der Waals surface area contributed by atoms with Gasteiger partial charge in [0.1, 0.15) is 11.6 Å². The summed E-state index contributed by atoms with van der Waals surface area (Å²) in [6.07, 6.45) is 2.13. The number of hydrogen-bond donors (Lipinski definition) is 0. The van der Waals surface area contributed by atoms with Gasteiger partial charge in [0.15, 0.2) is 5.16 Å². The molecule has 3 rings (SSSR count). The SMILES string of the molecule is Cc1ccc(OCCCCSc2nnc(CSc3ccc(C)cc3)n2C)cc1. The molecule has 0 aliphatic rings. The van der Waals surface area contributed by atoms with Crippen LogP contribution in [-0.4, -0.2) is 27.1 Å². The lowest BCUT2D eigenvalue weighted by atomic mass is 10.2. The first-order chi connectivity index (χ1) is 13.6. The Labute approximate surface area is 176 Å². The zero-order valence-electron chi connectivity index (χ0n) is 16.7. The van der Waals surface area contributed by atoms with E-state index in [2.05, 4.69) is 65.0 Å². The summed E-state index contributed by atoms with van der Waals surface area (Å²) in [5.41, 5.74) is 2.54. The third-order valence-corrected chi connectivity index (χ3v) is 6.49. The Balaban J connectivity index is 1.35. The lowest BCUT2D eigenvalue weighted by Crippen LogP contribution is -1.99. The van der Waals surface area contributed by atoms with Gasteiger partial charge in [-0.05, 0) is 51.0 Å². The molecule has 0 N–H and O–H groups in total. The molecule has 0 atom stereocenters. The molecule has 1 aromatic heterocycles. The standard InChI is InChI=1S/C22H27N3OS2/c1-17-6-10-19(11-7-17)26-14-4-5-15-27-22-24-23-21(25(22)3)16-28-20-12-8-18(2)9-13-20/h6-13H,4-5,14-16H2,1-3H3. The Morgan fingerprint density at radius 2 is 1.54 bits per heavy atom. The Morgan fingerprint density at radius 1 is 0.857 bits per heavy atom. The summed E-state index contributed by atoms with van der Waals surface area (Å²) in [5, 5.41) is 9.69. The van der Waals surface area contributed by atoms with Gasteiger partial charge in [0.2, 0.25) is 0 Å². The fraction of sp³-hybridized carbons (Fsp3) is 0.364. The van der Waals surface area contributed by atoms with Crippen LogP contribution in [0.15, 0.2) is 58.6 Å². The molecule has 4 nitrogen and oxygen atoms in total. The summed E-state index contributed by atoms with van der Waals surface area (Å²) in [4.78, 5) is 1.26. The maximum absolute atomic E-state index is 5.78. The Kier molecular flexibility index (Phi) is 7.86. The summed E-state index contributed by atoms with van der Waals surface area (Å²) in [7, 11) is 2.05. The van der Waals surface area contributed by atoms with Gasteiger partial charge < -0.3 is 9.30 Å². The van der Waals surface area contributed by atoms with Crippen molar-refractivity contribution in [2.24, 2.45) is 7.05 Å². The molecule has 2 aromatic carbocycles. The van der Waals surface area contributed by atoms with E-state index in [9.17, 15) is 0 Å². The fourth-order valence-electron chi connectivity index (χ4n) is 2.57. The first-order valence-electron chi connectivity index (χ1n) is 9.52. The van der Waals surface area contributed by atoms with Crippen molar-refractivity contribution >= 4 is 23.5 Å². The molecule has 28 heavy (non-hydrogen) atoms. The van der Waals surface area contributed by atoms with Crippen LogP contribution in [-0.2, 0) is 12.8 Å². The zero-order valence-corrected chi connectivity index (χ0v) is 18.4. The molecule has 0 amide bonds. The van der Waals surface area contributed by atoms with Gasteiger partial charge in [-0.1, -0.05) is 47.2 Å². The van der Waals surface area contributed by atoms with Gasteiger partial charge in [0, 0.05) is 17.7 Å². The quantitative estimate of drug-likeness (QED) is 0.316. The lowest BCUT2D eigenvalue weighted by Gasteiger charge is -2.06. The van der Waals surface area contributed by atoms with Gasteiger partial charge in [-0.15, -0.1) is 22.0 Å². The highest BCUT2D eigenvalue weighted by atomic mass is 32.2. The summed E-state index contributed by atoms with van der Waals surface area (Å²) in [6.45, 7) is 4.94. The van der Waals surface area contributed by atoms with Crippen molar-refractivity contribution in [2.75, 3.05) is 12.4 Å². The molecule has 0 aliphatic carbocycles. The van der Waals surface area contributed by atoms with Gasteiger partial charge in [0.05, 0.1) is 12.4 Å². The summed E-state index contributed by atoms with van der Waals surface area (Å²) in [5.74, 6) is 3.81. The van der Waals surface area contributed by atoms with E-state index in [0.29, 0.717) is 0 Å². The minimum Gasteiger partial charge on any atom is -0.494 e. The van der Waals surface area contributed by atoms with Crippen molar-refractivity contribution in [2.45, 2.75) is 42.5 Å². The minimum atomic E-state index is 0.751. The minimum absolute atomic E-state index is 0.751. The van der Waals surface area contributed by atoms with Crippen LogP contribution in [0.25, 0.3) is 0 Å². The van der Waals surface area contributed by atoms with E-state index in [0.717, 1.165) is 47.7 Å². The van der Waals surface area contributed by atoms with E-state index < -0.39 is 0 Å². The van der Waals surface area contributed by atoms with Crippen LogP contribution in [0.1, 0.15) is 29.8 Å². The van der Waals surface area contributed by atoms with Crippen molar-refractivity contribution in [3.63, 3.8) is 0 Å². The number of benzene rings is 2. The second-order valence-electron chi connectivity index (χ2n) is 6.78. The molecule has 3 aromatic rings. The van der Waals surface area contributed by atoms with E-state index >= 15 is 0 Å². The molecular formula is C22H27N3OS2. The van der Waals surface area contributed by atoms with Crippen LogP contribution in [0, 0.1) is 13.8 Å². The zero-order chi connectivity index (χ0) is 19.8. The second-order valence-corrected chi connectivity index (χ2v) is 8.89. The van der Waals surface area contributed by atoms with Crippen LogP contribution in [0.3, 0.4) is 0 Å². The van der Waals surface area contributed by atoms with Gasteiger partial charge in [0.25, 0.3) is 0 Å². The highest BCUT2D eigenvalue weighted by molar-refractivity contribution is 7.99. The van der Waals surface area contributed by atoms with Crippen LogP contribution in [0.4, 0.5) is 0 Å². The molecule has 0 fully saturated rings. The molecule has 0 unspecified atom stereocenters. The number of hydrogen-bond acceptors (Lipinski definition) is 5. The molecule has 0 aliphatic heterocycles. The highest BCUT2D eigenvalue weighted by Gasteiger charge is 2.09. The topological polar surface area (TPSA) is 39.9 Å². The number of rotatable bonds is 10. The summed E-state index contributed by atoms with van der Waals surface area (Å²) >= 11 is 3.56. The number of aryl methyl sites for hydroxylation is 2. The van der Waals surface area contributed by atoms with Crippen molar-refractivity contribution in [3.05, 3.63) is 65.5 Å². The molecule has 0 saturated heterocycles. The van der Waals surface area contributed by atoms with Gasteiger partial charge in [-0.3, -0.25) is 0 Å². The predicted octanol–water partition coefficient (Wildman–Crippen LogP) is 5.68. The summed E-state index contributed by atoms with van der Waals surface area (Å²) in [6, 6.07) is 16.8. The van der Waals surface area contributed by atoms with Crippen molar-refractivity contribution in [1.82, 2.24) is 14.8 Å². The van der Waals surface area contributed by atoms with Crippen molar-refractivity contribution in [3.8, 4) is 5.75 Å². The predicted molar refractivity (Wildman–Crippen MR) is 118 cm³/mol. The average Bonchev–Trinajstić information content (AvgIpc) is 3.05. The van der Waals surface area contributed by atoms with E-state index in [4.69, 9.17) is 4.74 Å². The van der Waals surface area contributed by atoms with E-state index in [1.165, 1.54) is 16.0 Å². The molecule has 0 bridgehead atoms. The van der Waals surface area contributed by atoms with Gasteiger partial charge in [-0.25, -0.2) is 0 Å². The van der Waals surface area contributed by atoms with Crippen LogP contribution < -0.4 is 4.74 Å². The Bertz CT molecular complexity index is 860. The number of unbranched alkanes of at least 4 members (excludes halogenated alkanes) is 1. The molecule has 148 valence electrons. The number of thioether (sulfide) groups is 2. The lowest BCUT2D eigenvalue weighted by molar-refractivity contribution is 0.310. The first-order valence-corrected chi connectivity index (χ1v) is 11.5. The van der Waals surface area contributed by atoms with Gasteiger partial charge in [-0.2, -0.15) is 0 Å². The van der Waals surface area contributed by atoms with Crippen molar-refractivity contribution < 1.29 is 4.74 Å². The van der Waals surface area contributed by atoms with Crippen LogP contribution >= 0.6 is 23.5 Å². The first kappa shape index (κ1) is 20.8. The molecule has 6 heteroatoms. The second kappa shape index (κ2) is 10.6. The third-order valence-electron chi connectivity index (χ3n) is 4.37. The largest absolute Gasteiger partial charge is 0.494 e. The molecule has 0 saturated carbocycles. The Morgan fingerprint density at radius 3 is 2.25 bits per heavy atom. The molecule has 0 spiro atoms. The molecule has 0 radical (unpaired) electrons. The fourth-order valence-corrected chi connectivity index (χ4v) is 4.38. The van der Waals surface area contributed by atoms with Crippen LogP contribution in [0.5, 0.6) is 5.75 Å². The van der Waals surface area contributed by atoms with E-state index in [-0.39, 0.29) is 0 Å². The molecular weight excluding hydrogens is 386 g/mol. The Hall–Kier alpha value is -1.92. The number of ether oxygens (including phenoxy) is 1. The number of nitrogens with zero attached hydrogens (tertiary/aromatic N) is 3. The highest BCUT2D eigenvalue weighted by Crippen LogP contribution is 2.24. The maximum atomic E-state index is 5.78. The van der Waals surface area contributed by atoms with E-state index in [1.807, 2.05) is 19.2 Å². The van der Waals surface area contributed by atoms with E-state index in [1.54, 1.807) is 23.5 Å². The monoisotopic (exact) mass is 413 g/mol. The normalized spacial score (nSPS) is 11.0. The number of aromatic nitrogens is 3. The summed E-state index contributed by atoms with van der Waals surface area (Å²) < 4.78 is 7.88. The molecule has 1 heterocycles. The van der Waals surface area contributed by atoms with Crippen LogP contribution in [0.2, 0.25) is 0 Å². The third kappa shape index (κ3) is 6.31.